The third kappa shape index (κ3) is 5.23. The number of amides is 1. The fraction of sp³-hybridized carbons (Fsp3) is 0.333. The van der Waals surface area contributed by atoms with Crippen molar-refractivity contribution >= 4 is 34.1 Å². The van der Waals surface area contributed by atoms with Gasteiger partial charge in [0.1, 0.15) is 12.1 Å². The monoisotopic (exact) mass is 391 g/mol. The summed E-state index contributed by atoms with van der Waals surface area (Å²) in [4.78, 5) is 12.0. The lowest BCUT2D eigenvalue weighted by molar-refractivity contribution is -0.118. The molecule has 0 radical (unpaired) electrons. The molecule has 26 heavy (non-hydrogen) atoms. The number of tetrazole rings is 1. The van der Waals surface area contributed by atoms with Crippen LogP contribution in [-0.4, -0.2) is 48.7 Å². The van der Waals surface area contributed by atoms with Crippen molar-refractivity contribution in [2.45, 2.75) is 24.1 Å². The van der Waals surface area contributed by atoms with Crippen LogP contribution >= 0.6 is 23.1 Å². The molecule has 0 aliphatic carbocycles. The molecule has 1 N–H and O–H groups in total. The van der Waals surface area contributed by atoms with Gasteiger partial charge in [-0.2, -0.15) is 0 Å². The van der Waals surface area contributed by atoms with Gasteiger partial charge in [0, 0.05) is 5.75 Å². The van der Waals surface area contributed by atoms with Crippen molar-refractivity contribution in [2.24, 2.45) is 0 Å². The van der Waals surface area contributed by atoms with E-state index in [1.54, 1.807) is 36.0 Å². The molecule has 0 aliphatic heterocycles. The molecule has 0 saturated heterocycles. The second-order valence-electron chi connectivity index (χ2n) is 5.16. The van der Waals surface area contributed by atoms with Gasteiger partial charge in [-0.1, -0.05) is 36.4 Å². The van der Waals surface area contributed by atoms with E-state index in [9.17, 15) is 4.79 Å². The Bertz CT molecular complexity index is 821. The van der Waals surface area contributed by atoms with Crippen molar-refractivity contribution in [3.05, 3.63) is 30.6 Å². The van der Waals surface area contributed by atoms with Crippen molar-refractivity contribution < 1.29 is 9.53 Å². The summed E-state index contributed by atoms with van der Waals surface area (Å²) < 4.78 is 7.86. The van der Waals surface area contributed by atoms with Crippen molar-refractivity contribution in [3.8, 4) is 11.4 Å². The zero-order valence-electron chi connectivity index (χ0n) is 14.0. The Hall–Kier alpha value is -2.53. The average molecular weight is 391 g/mol. The van der Waals surface area contributed by atoms with Crippen LogP contribution in [-0.2, 0) is 4.79 Å². The Morgan fingerprint density at radius 3 is 2.88 bits per heavy atom. The molecule has 11 heteroatoms. The number of benzene rings is 1. The highest BCUT2D eigenvalue weighted by atomic mass is 32.2. The predicted octanol–water partition coefficient (Wildman–Crippen LogP) is 2.42. The number of unbranched alkanes of at least 4 members (excludes halogenated alkanes) is 1. The lowest BCUT2D eigenvalue weighted by Crippen LogP contribution is -2.20. The van der Waals surface area contributed by atoms with Gasteiger partial charge in [0.15, 0.2) is 10.9 Å². The van der Waals surface area contributed by atoms with Crippen LogP contribution in [0.1, 0.15) is 19.8 Å². The Labute approximate surface area is 158 Å². The van der Waals surface area contributed by atoms with E-state index in [1.165, 1.54) is 22.3 Å². The van der Waals surface area contributed by atoms with E-state index in [-0.39, 0.29) is 12.5 Å². The summed E-state index contributed by atoms with van der Waals surface area (Å²) in [6, 6.07) is 7.09. The molecule has 0 unspecified atom stereocenters. The van der Waals surface area contributed by atoms with E-state index in [4.69, 9.17) is 4.74 Å². The van der Waals surface area contributed by atoms with Crippen LogP contribution in [0.5, 0.6) is 5.75 Å². The van der Waals surface area contributed by atoms with Crippen LogP contribution in [0.25, 0.3) is 5.69 Å². The molecule has 0 aliphatic rings. The highest BCUT2D eigenvalue weighted by Gasteiger charge is 2.09. The summed E-state index contributed by atoms with van der Waals surface area (Å²) in [5.41, 5.74) is 0.800. The molecule has 0 bridgehead atoms. The average Bonchev–Trinajstić information content (AvgIpc) is 3.33. The summed E-state index contributed by atoms with van der Waals surface area (Å²) in [6.07, 6.45) is 3.77. The third-order valence-electron chi connectivity index (χ3n) is 3.20. The maximum atomic E-state index is 12.0. The van der Waals surface area contributed by atoms with Crippen LogP contribution < -0.4 is 10.1 Å². The molecule has 0 saturated carbocycles. The van der Waals surface area contributed by atoms with E-state index in [2.05, 4.69) is 38.0 Å². The van der Waals surface area contributed by atoms with Crippen molar-refractivity contribution in [1.29, 1.82) is 0 Å². The number of anilines is 1. The number of hydrogen-bond acceptors (Lipinski definition) is 9. The first kappa shape index (κ1) is 18.3. The quantitative estimate of drug-likeness (QED) is 0.337. The number of nitrogens with one attached hydrogen (secondary N) is 1. The molecule has 1 amide bonds. The highest BCUT2D eigenvalue weighted by Crippen LogP contribution is 2.26. The van der Waals surface area contributed by atoms with Crippen LogP contribution in [0.4, 0.5) is 5.13 Å². The number of hydrogen-bond donors (Lipinski definition) is 1. The minimum Gasteiger partial charge on any atom is -0.484 e. The van der Waals surface area contributed by atoms with E-state index >= 15 is 0 Å². The number of carbonyl (C=O) groups is 1. The summed E-state index contributed by atoms with van der Waals surface area (Å²) in [6.45, 7) is 2.04. The van der Waals surface area contributed by atoms with Crippen molar-refractivity contribution in [3.63, 3.8) is 0 Å². The largest absolute Gasteiger partial charge is 0.484 e. The first-order valence-electron chi connectivity index (χ1n) is 7.97. The topological polar surface area (TPSA) is 108 Å². The zero-order chi connectivity index (χ0) is 18.2. The molecular formula is C15H17N7O2S2. The minimum absolute atomic E-state index is 0.109. The van der Waals surface area contributed by atoms with Gasteiger partial charge in [0.25, 0.3) is 5.91 Å². The van der Waals surface area contributed by atoms with E-state index in [0.29, 0.717) is 10.9 Å². The SMILES string of the molecule is CCCCSc1nnc(NC(=O)COc2ccc(-n3cnnn3)cc2)s1. The summed E-state index contributed by atoms with van der Waals surface area (Å²) in [5.74, 6) is 1.30. The number of ether oxygens (including phenoxy) is 1. The molecule has 3 aromatic rings. The number of carbonyl (C=O) groups excluding carboxylic acids is 1. The van der Waals surface area contributed by atoms with Gasteiger partial charge >= 0.3 is 0 Å². The number of nitrogens with zero attached hydrogens (tertiary/aromatic N) is 6. The van der Waals surface area contributed by atoms with Gasteiger partial charge in [-0.25, -0.2) is 4.68 Å². The van der Waals surface area contributed by atoms with E-state index in [1.807, 2.05) is 0 Å². The maximum Gasteiger partial charge on any atom is 0.264 e. The highest BCUT2D eigenvalue weighted by molar-refractivity contribution is 8.01. The Morgan fingerprint density at radius 2 is 2.15 bits per heavy atom. The van der Waals surface area contributed by atoms with Gasteiger partial charge in [0.2, 0.25) is 5.13 Å². The first-order valence-corrected chi connectivity index (χ1v) is 9.77. The maximum absolute atomic E-state index is 12.0. The lowest BCUT2D eigenvalue weighted by Gasteiger charge is -2.06. The second-order valence-corrected chi connectivity index (χ2v) is 7.48. The summed E-state index contributed by atoms with van der Waals surface area (Å²) in [7, 11) is 0. The van der Waals surface area contributed by atoms with E-state index in [0.717, 1.165) is 28.6 Å². The zero-order valence-corrected chi connectivity index (χ0v) is 15.7. The molecular weight excluding hydrogens is 374 g/mol. The number of aromatic nitrogens is 6. The molecule has 3 rings (SSSR count). The lowest BCUT2D eigenvalue weighted by atomic mass is 10.3. The minimum atomic E-state index is -0.282. The van der Waals surface area contributed by atoms with Gasteiger partial charge in [-0.3, -0.25) is 10.1 Å². The standard InChI is InChI=1S/C15H17N7O2S2/c1-2-3-8-25-15-19-18-14(26-15)17-13(23)9-24-12-6-4-11(5-7-12)22-10-16-20-21-22/h4-7,10H,2-3,8-9H2,1H3,(H,17,18,23). The Kier molecular flexibility index (Phi) is 6.50. The number of thioether (sulfide) groups is 1. The number of rotatable bonds is 9. The predicted molar refractivity (Wildman–Crippen MR) is 98.8 cm³/mol. The van der Waals surface area contributed by atoms with E-state index < -0.39 is 0 Å². The molecule has 0 spiro atoms. The van der Waals surface area contributed by atoms with Crippen molar-refractivity contribution in [2.75, 3.05) is 17.7 Å². The van der Waals surface area contributed by atoms with Crippen molar-refractivity contribution in [1.82, 2.24) is 30.4 Å². The molecule has 0 atom stereocenters. The van der Waals surface area contributed by atoms with Crippen LogP contribution in [0.3, 0.4) is 0 Å². The summed E-state index contributed by atoms with van der Waals surface area (Å²) in [5, 5.41) is 22.2. The molecule has 1 aromatic carbocycles. The second kappa shape index (κ2) is 9.25. The molecule has 9 nitrogen and oxygen atoms in total. The van der Waals surface area contributed by atoms with Gasteiger partial charge in [0.05, 0.1) is 5.69 Å². The van der Waals surface area contributed by atoms with Gasteiger partial charge in [-0.05, 0) is 41.1 Å². The van der Waals surface area contributed by atoms with Crippen LogP contribution in [0.15, 0.2) is 34.9 Å². The smallest absolute Gasteiger partial charge is 0.264 e. The molecule has 136 valence electrons. The van der Waals surface area contributed by atoms with Gasteiger partial charge in [-0.15, -0.1) is 15.3 Å². The first-order chi connectivity index (χ1) is 12.7. The molecule has 0 fully saturated rings. The van der Waals surface area contributed by atoms with Gasteiger partial charge < -0.3 is 4.74 Å². The fourth-order valence-corrected chi connectivity index (χ4v) is 3.82. The Morgan fingerprint density at radius 1 is 1.31 bits per heavy atom. The Balaban J connectivity index is 1.45. The molecule has 2 aromatic heterocycles. The summed E-state index contributed by atoms with van der Waals surface area (Å²) >= 11 is 3.02. The molecule has 2 heterocycles. The normalized spacial score (nSPS) is 10.7. The third-order valence-corrected chi connectivity index (χ3v) is 5.25. The fourth-order valence-electron chi connectivity index (χ4n) is 1.90. The van der Waals surface area contributed by atoms with Crippen LogP contribution in [0.2, 0.25) is 0 Å². The van der Waals surface area contributed by atoms with Crippen LogP contribution in [0, 0.1) is 0 Å².